The first kappa shape index (κ1) is 16.0. The Morgan fingerprint density at radius 1 is 1.52 bits per heavy atom. The maximum absolute atomic E-state index is 13.8. The number of anilines is 1. The number of benzene rings is 1. The monoisotopic (exact) mass is 318 g/mol. The minimum atomic E-state index is -3.91. The number of ether oxygens (including phenoxy) is 2. The van der Waals surface area contributed by atoms with Crippen molar-refractivity contribution >= 4 is 15.7 Å². The summed E-state index contributed by atoms with van der Waals surface area (Å²) >= 11 is 0. The number of sulfonamides is 1. The molecule has 2 atom stereocenters. The van der Waals surface area contributed by atoms with Crippen LogP contribution in [-0.2, 0) is 14.8 Å². The Kier molecular flexibility index (Phi) is 4.14. The summed E-state index contributed by atoms with van der Waals surface area (Å²) in [5.41, 5.74) is 4.81. The lowest BCUT2D eigenvalue weighted by Gasteiger charge is -2.28. The van der Waals surface area contributed by atoms with E-state index in [1.54, 1.807) is 13.8 Å². The van der Waals surface area contributed by atoms with Crippen LogP contribution in [0, 0.1) is 5.82 Å². The van der Waals surface area contributed by atoms with Gasteiger partial charge in [0.25, 0.3) is 0 Å². The van der Waals surface area contributed by atoms with E-state index in [-0.39, 0.29) is 22.4 Å². The van der Waals surface area contributed by atoms with E-state index >= 15 is 0 Å². The lowest BCUT2D eigenvalue weighted by atomic mass is 9.97. The molecule has 0 spiro atoms. The van der Waals surface area contributed by atoms with Gasteiger partial charge in [-0.15, -0.1) is 0 Å². The molecule has 0 aliphatic carbocycles. The second-order valence-corrected chi connectivity index (χ2v) is 7.00. The predicted octanol–water partition coefficient (Wildman–Crippen LogP) is 1.26. The number of nitrogens with two attached hydrogens (primary N) is 1. The standard InChI is InChI=1S/C13H19FN2O4S/c1-8-13(2,4-5-20-8)16-21(17,18)9-6-10(14)12(19-3)11(15)7-9/h6-8,16H,4-5,15H2,1-3H3. The summed E-state index contributed by atoms with van der Waals surface area (Å²) in [5.74, 6) is -0.989. The Labute approximate surface area is 123 Å². The van der Waals surface area contributed by atoms with Crippen LogP contribution in [0.5, 0.6) is 5.75 Å². The number of halogens is 1. The summed E-state index contributed by atoms with van der Waals surface area (Å²) in [6.07, 6.45) is 0.273. The van der Waals surface area contributed by atoms with Gasteiger partial charge in [0.2, 0.25) is 10.0 Å². The average molecular weight is 318 g/mol. The van der Waals surface area contributed by atoms with Gasteiger partial charge in [0, 0.05) is 6.61 Å². The molecule has 0 amide bonds. The van der Waals surface area contributed by atoms with Crippen molar-refractivity contribution in [1.29, 1.82) is 0 Å². The highest BCUT2D eigenvalue weighted by Gasteiger charge is 2.40. The Hall–Kier alpha value is -1.38. The van der Waals surface area contributed by atoms with Crippen molar-refractivity contribution in [2.45, 2.75) is 36.8 Å². The van der Waals surface area contributed by atoms with Crippen molar-refractivity contribution in [1.82, 2.24) is 4.72 Å². The maximum Gasteiger partial charge on any atom is 0.241 e. The van der Waals surface area contributed by atoms with Crippen LogP contribution in [0.2, 0.25) is 0 Å². The SMILES string of the molecule is COc1c(N)cc(S(=O)(=O)NC2(C)CCOC2C)cc1F. The fourth-order valence-corrected chi connectivity index (χ4v) is 3.83. The predicted molar refractivity (Wildman–Crippen MR) is 76.1 cm³/mol. The molecule has 1 saturated heterocycles. The smallest absolute Gasteiger partial charge is 0.241 e. The first-order valence-electron chi connectivity index (χ1n) is 6.48. The van der Waals surface area contributed by atoms with Crippen LogP contribution in [0.25, 0.3) is 0 Å². The van der Waals surface area contributed by atoms with Crippen molar-refractivity contribution in [3.8, 4) is 5.75 Å². The van der Waals surface area contributed by atoms with Gasteiger partial charge in [-0.05, 0) is 32.4 Å². The molecule has 0 bridgehead atoms. The normalized spacial score (nSPS) is 26.0. The van der Waals surface area contributed by atoms with Gasteiger partial charge in [0.1, 0.15) is 0 Å². The molecule has 1 aromatic carbocycles. The largest absolute Gasteiger partial charge is 0.492 e. The molecule has 6 nitrogen and oxygen atoms in total. The van der Waals surface area contributed by atoms with Gasteiger partial charge < -0.3 is 15.2 Å². The summed E-state index contributed by atoms with van der Waals surface area (Å²) in [6, 6.07) is 2.06. The lowest BCUT2D eigenvalue weighted by molar-refractivity contribution is 0.0957. The highest BCUT2D eigenvalue weighted by atomic mass is 32.2. The first-order chi connectivity index (χ1) is 9.69. The number of hydrogen-bond donors (Lipinski definition) is 2. The summed E-state index contributed by atoms with van der Waals surface area (Å²) in [5, 5.41) is 0. The number of hydrogen-bond acceptors (Lipinski definition) is 5. The summed E-state index contributed by atoms with van der Waals surface area (Å²) in [7, 11) is -2.65. The number of nitrogen functional groups attached to an aromatic ring is 1. The molecule has 1 aliphatic rings. The number of methoxy groups -OCH3 is 1. The maximum atomic E-state index is 13.8. The van der Waals surface area contributed by atoms with Gasteiger partial charge in [-0.3, -0.25) is 0 Å². The first-order valence-corrected chi connectivity index (χ1v) is 7.96. The molecule has 3 N–H and O–H groups in total. The highest BCUT2D eigenvalue weighted by molar-refractivity contribution is 7.89. The van der Waals surface area contributed by atoms with Crippen molar-refractivity contribution in [3.05, 3.63) is 17.9 Å². The molecule has 21 heavy (non-hydrogen) atoms. The zero-order valence-corrected chi connectivity index (χ0v) is 13.0. The second-order valence-electron chi connectivity index (χ2n) is 5.31. The van der Waals surface area contributed by atoms with Crippen molar-refractivity contribution in [2.75, 3.05) is 19.5 Å². The van der Waals surface area contributed by atoms with Crippen LogP contribution in [-0.4, -0.2) is 33.8 Å². The molecule has 0 aromatic heterocycles. The fourth-order valence-electron chi connectivity index (χ4n) is 2.29. The molecular formula is C13H19FN2O4S. The molecule has 118 valence electrons. The van der Waals surface area contributed by atoms with E-state index in [2.05, 4.69) is 4.72 Å². The van der Waals surface area contributed by atoms with Gasteiger partial charge in [-0.2, -0.15) is 0 Å². The second kappa shape index (κ2) is 5.43. The molecule has 1 heterocycles. The van der Waals surface area contributed by atoms with Crippen molar-refractivity contribution in [3.63, 3.8) is 0 Å². The van der Waals surface area contributed by atoms with Gasteiger partial charge in [-0.1, -0.05) is 0 Å². The van der Waals surface area contributed by atoms with Gasteiger partial charge in [-0.25, -0.2) is 17.5 Å². The van der Waals surface area contributed by atoms with Crippen LogP contribution in [0.3, 0.4) is 0 Å². The zero-order valence-electron chi connectivity index (χ0n) is 12.1. The van der Waals surface area contributed by atoms with Crippen LogP contribution in [0.15, 0.2) is 17.0 Å². The third-order valence-electron chi connectivity index (χ3n) is 3.81. The molecule has 1 fully saturated rings. The van der Waals surface area contributed by atoms with E-state index in [0.717, 1.165) is 6.07 Å². The molecule has 1 aromatic rings. The molecule has 1 aliphatic heterocycles. The quantitative estimate of drug-likeness (QED) is 0.816. The van der Waals surface area contributed by atoms with E-state index in [9.17, 15) is 12.8 Å². The summed E-state index contributed by atoms with van der Waals surface area (Å²) in [6.45, 7) is 4.02. The van der Waals surface area contributed by atoms with Crippen LogP contribution in [0.1, 0.15) is 20.3 Å². The molecule has 0 saturated carbocycles. The van der Waals surface area contributed by atoms with Gasteiger partial charge in [0.15, 0.2) is 11.6 Å². The highest BCUT2D eigenvalue weighted by Crippen LogP contribution is 2.31. The third kappa shape index (κ3) is 2.97. The van der Waals surface area contributed by atoms with Crippen LogP contribution >= 0.6 is 0 Å². The van der Waals surface area contributed by atoms with Crippen LogP contribution < -0.4 is 15.2 Å². The fraction of sp³-hybridized carbons (Fsp3) is 0.538. The molecule has 8 heteroatoms. The Bertz CT molecular complexity index is 627. The zero-order chi connectivity index (χ0) is 15.8. The lowest BCUT2D eigenvalue weighted by Crippen LogP contribution is -2.50. The van der Waals surface area contributed by atoms with Gasteiger partial charge in [0.05, 0.1) is 29.3 Å². The number of rotatable bonds is 4. The van der Waals surface area contributed by atoms with E-state index in [1.165, 1.54) is 13.2 Å². The van der Waals surface area contributed by atoms with Crippen LogP contribution in [0.4, 0.5) is 10.1 Å². The molecule has 2 unspecified atom stereocenters. The van der Waals surface area contributed by atoms with Gasteiger partial charge >= 0.3 is 0 Å². The summed E-state index contributed by atoms with van der Waals surface area (Å²) in [4.78, 5) is -0.237. The molecular weight excluding hydrogens is 299 g/mol. The Morgan fingerprint density at radius 3 is 2.67 bits per heavy atom. The topological polar surface area (TPSA) is 90.7 Å². The Morgan fingerprint density at radius 2 is 2.19 bits per heavy atom. The third-order valence-corrected chi connectivity index (χ3v) is 5.41. The van der Waals surface area contributed by atoms with Crippen molar-refractivity contribution < 1.29 is 22.3 Å². The molecule has 0 radical (unpaired) electrons. The Balaban J connectivity index is 2.36. The average Bonchev–Trinajstić information content (AvgIpc) is 2.68. The molecule has 2 rings (SSSR count). The minimum absolute atomic E-state index is 0.0706. The van der Waals surface area contributed by atoms with E-state index < -0.39 is 21.4 Å². The summed E-state index contributed by atoms with van der Waals surface area (Å²) < 4.78 is 51.4. The van der Waals surface area contributed by atoms with E-state index in [0.29, 0.717) is 13.0 Å². The van der Waals surface area contributed by atoms with E-state index in [1.807, 2.05) is 0 Å². The van der Waals surface area contributed by atoms with Crippen molar-refractivity contribution in [2.24, 2.45) is 0 Å². The number of nitrogens with one attached hydrogen (secondary N) is 1. The minimum Gasteiger partial charge on any atom is -0.492 e. The van der Waals surface area contributed by atoms with E-state index in [4.69, 9.17) is 15.2 Å².